The molecule has 1 atom stereocenters. The Kier molecular flexibility index (Phi) is 4.31. The molecule has 130 valence electrons. The number of rotatable bonds is 4. The molecule has 0 saturated carbocycles. The van der Waals surface area contributed by atoms with E-state index in [4.69, 9.17) is 9.72 Å². The van der Waals surface area contributed by atoms with Crippen molar-refractivity contribution in [2.75, 3.05) is 13.7 Å². The normalized spacial score (nSPS) is 18.1. The Labute approximate surface area is 150 Å². The van der Waals surface area contributed by atoms with Crippen LogP contribution in [0.4, 0.5) is 0 Å². The number of hydrogen-bond acceptors (Lipinski definition) is 5. The van der Waals surface area contributed by atoms with Gasteiger partial charge in [-0.05, 0) is 44.0 Å². The Bertz CT molecular complexity index is 963. The van der Waals surface area contributed by atoms with Crippen molar-refractivity contribution in [2.45, 2.75) is 32.4 Å². The molecule has 4 rings (SSSR count). The molecule has 3 aromatic rings. The van der Waals surface area contributed by atoms with E-state index in [-0.39, 0.29) is 5.56 Å². The van der Waals surface area contributed by atoms with Gasteiger partial charge in [-0.15, -0.1) is 11.3 Å². The van der Waals surface area contributed by atoms with Gasteiger partial charge in [0, 0.05) is 29.7 Å². The number of aryl methyl sites for hydroxylation is 1. The second kappa shape index (κ2) is 6.61. The molecule has 25 heavy (non-hydrogen) atoms. The van der Waals surface area contributed by atoms with Crippen molar-refractivity contribution in [3.05, 3.63) is 63.0 Å². The summed E-state index contributed by atoms with van der Waals surface area (Å²) in [5.41, 5.74) is 3.07. The summed E-state index contributed by atoms with van der Waals surface area (Å²) >= 11 is 1.52. The lowest BCUT2D eigenvalue weighted by Gasteiger charge is -2.24. The van der Waals surface area contributed by atoms with Crippen molar-refractivity contribution in [2.24, 2.45) is 0 Å². The molecule has 1 aliphatic rings. The molecule has 6 heteroatoms. The molecular weight excluding hydrogens is 334 g/mol. The number of ether oxygens (including phenoxy) is 1. The lowest BCUT2D eigenvalue weighted by atomic mass is 10.0. The van der Waals surface area contributed by atoms with Gasteiger partial charge in [-0.1, -0.05) is 12.1 Å². The standard InChI is InChI=1S/C19H21N3O2S/c1-13-12-25-19-20-15(10-18(23)22(13)19)11-21-8-4-7-17(21)14-5-3-6-16(9-14)24-2/h3,5-6,9-10,12,17H,4,7-8,11H2,1-2H3/t17-/m1/s1. The number of hydrogen-bond donors (Lipinski definition) is 0. The number of aromatic nitrogens is 2. The summed E-state index contributed by atoms with van der Waals surface area (Å²) in [7, 11) is 1.70. The molecule has 0 N–H and O–H groups in total. The third kappa shape index (κ3) is 3.07. The number of fused-ring (bicyclic) bond motifs is 1. The first-order valence-electron chi connectivity index (χ1n) is 8.50. The van der Waals surface area contributed by atoms with Crippen LogP contribution >= 0.6 is 11.3 Å². The molecule has 3 heterocycles. The van der Waals surface area contributed by atoms with Crippen LogP contribution in [0.3, 0.4) is 0 Å². The molecule has 0 spiro atoms. The van der Waals surface area contributed by atoms with Crippen LogP contribution in [0.25, 0.3) is 4.96 Å². The maximum absolute atomic E-state index is 12.4. The Balaban J connectivity index is 1.62. The highest BCUT2D eigenvalue weighted by Gasteiger charge is 2.27. The predicted molar refractivity (Wildman–Crippen MR) is 99.5 cm³/mol. The summed E-state index contributed by atoms with van der Waals surface area (Å²) in [6.07, 6.45) is 2.27. The third-order valence-electron chi connectivity index (χ3n) is 4.84. The number of methoxy groups -OCH3 is 1. The zero-order valence-electron chi connectivity index (χ0n) is 14.4. The van der Waals surface area contributed by atoms with Crippen molar-refractivity contribution in [3.63, 3.8) is 0 Å². The summed E-state index contributed by atoms with van der Waals surface area (Å²) in [5, 5.41) is 1.97. The van der Waals surface area contributed by atoms with Gasteiger partial charge in [0.2, 0.25) is 0 Å². The van der Waals surface area contributed by atoms with Crippen LogP contribution in [0.1, 0.15) is 35.8 Å². The average Bonchev–Trinajstić information content (AvgIpc) is 3.22. The van der Waals surface area contributed by atoms with E-state index >= 15 is 0 Å². The molecule has 0 bridgehead atoms. The topological polar surface area (TPSA) is 46.8 Å². The van der Waals surface area contributed by atoms with E-state index < -0.39 is 0 Å². The molecule has 2 aromatic heterocycles. The van der Waals surface area contributed by atoms with Gasteiger partial charge in [-0.2, -0.15) is 0 Å². The van der Waals surface area contributed by atoms with Crippen LogP contribution < -0.4 is 10.3 Å². The van der Waals surface area contributed by atoms with Crippen LogP contribution in [0.5, 0.6) is 5.75 Å². The predicted octanol–water partition coefficient (Wildman–Crippen LogP) is 3.41. The molecule has 0 radical (unpaired) electrons. The molecule has 0 unspecified atom stereocenters. The summed E-state index contributed by atoms with van der Waals surface area (Å²) in [4.78, 5) is 20.3. The number of thiazole rings is 1. The van der Waals surface area contributed by atoms with E-state index in [1.165, 1.54) is 16.9 Å². The van der Waals surface area contributed by atoms with Crippen molar-refractivity contribution < 1.29 is 4.74 Å². The second-order valence-corrected chi connectivity index (χ2v) is 7.32. The van der Waals surface area contributed by atoms with Crippen LogP contribution in [0.2, 0.25) is 0 Å². The second-order valence-electron chi connectivity index (χ2n) is 6.49. The highest BCUT2D eigenvalue weighted by molar-refractivity contribution is 7.15. The van der Waals surface area contributed by atoms with Gasteiger partial charge in [-0.3, -0.25) is 14.1 Å². The number of nitrogens with zero attached hydrogens (tertiary/aromatic N) is 3. The Morgan fingerprint density at radius 2 is 2.24 bits per heavy atom. The molecule has 1 saturated heterocycles. The van der Waals surface area contributed by atoms with Crippen molar-refractivity contribution in [3.8, 4) is 5.75 Å². The van der Waals surface area contributed by atoms with Gasteiger partial charge in [-0.25, -0.2) is 4.98 Å². The molecule has 1 aromatic carbocycles. The third-order valence-corrected chi connectivity index (χ3v) is 5.78. The van der Waals surface area contributed by atoms with Crippen LogP contribution in [-0.4, -0.2) is 27.9 Å². The lowest BCUT2D eigenvalue weighted by Crippen LogP contribution is -2.25. The zero-order chi connectivity index (χ0) is 17.4. The van der Waals surface area contributed by atoms with Crippen LogP contribution in [0.15, 0.2) is 40.5 Å². The zero-order valence-corrected chi connectivity index (χ0v) is 15.3. The van der Waals surface area contributed by atoms with Gasteiger partial charge >= 0.3 is 0 Å². The van der Waals surface area contributed by atoms with E-state index in [0.29, 0.717) is 12.6 Å². The summed E-state index contributed by atoms with van der Waals surface area (Å²) in [5.74, 6) is 0.885. The van der Waals surface area contributed by atoms with E-state index in [1.807, 2.05) is 24.4 Å². The van der Waals surface area contributed by atoms with E-state index in [0.717, 1.165) is 41.5 Å². The van der Waals surface area contributed by atoms with Gasteiger partial charge in [0.15, 0.2) is 4.96 Å². The fourth-order valence-electron chi connectivity index (χ4n) is 3.63. The average molecular weight is 355 g/mol. The summed E-state index contributed by atoms with van der Waals surface area (Å²) in [6, 6.07) is 10.3. The fraction of sp³-hybridized carbons (Fsp3) is 0.368. The lowest BCUT2D eigenvalue weighted by molar-refractivity contribution is 0.245. The molecule has 5 nitrogen and oxygen atoms in total. The minimum Gasteiger partial charge on any atom is -0.497 e. The molecule has 1 fully saturated rings. The monoisotopic (exact) mass is 355 g/mol. The first-order chi connectivity index (χ1) is 12.2. The van der Waals surface area contributed by atoms with Gasteiger partial charge < -0.3 is 4.74 Å². The van der Waals surface area contributed by atoms with Gasteiger partial charge in [0.1, 0.15) is 5.75 Å². The minimum atomic E-state index is 0.0101. The highest BCUT2D eigenvalue weighted by Crippen LogP contribution is 2.34. The Hall–Kier alpha value is -2.18. The number of benzene rings is 1. The first-order valence-corrected chi connectivity index (χ1v) is 9.38. The Morgan fingerprint density at radius 1 is 1.36 bits per heavy atom. The molecule has 0 aliphatic carbocycles. The summed E-state index contributed by atoms with van der Waals surface area (Å²) < 4.78 is 7.04. The largest absolute Gasteiger partial charge is 0.497 e. The highest BCUT2D eigenvalue weighted by atomic mass is 32.1. The molecule has 1 aliphatic heterocycles. The maximum atomic E-state index is 12.4. The number of likely N-dealkylation sites (tertiary alicyclic amines) is 1. The van der Waals surface area contributed by atoms with Crippen LogP contribution in [-0.2, 0) is 6.54 Å². The SMILES string of the molecule is COc1cccc([C@H]2CCCN2Cc2cc(=O)n3c(C)csc3n2)c1. The molecular formula is C19H21N3O2S. The van der Waals surface area contributed by atoms with E-state index in [1.54, 1.807) is 17.6 Å². The Morgan fingerprint density at radius 3 is 3.08 bits per heavy atom. The van der Waals surface area contributed by atoms with E-state index in [9.17, 15) is 4.79 Å². The summed E-state index contributed by atoms with van der Waals surface area (Å²) in [6.45, 7) is 3.66. The van der Waals surface area contributed by atoms with Crippen molar-refractivity contribution in [1.82, 2.24) is 14.3 Å². The quantitative estimate of drug-likeness (QED) is 0.719. The minimum absolute atomic E-state index is 0.0101. The van der Waals surface area contributed by atoms with Gasteiger partial charge in [0.05, 0.1) is 12.8 Å². The maximum Gasteiger partial charge on any atom is 0.259 e. The van der Waals surface area contributed by atoms with Crippen LogP contribution in [0, 0.1) is 6.92 Å². The van der Waals surface area contributed by atoms with Crippen molar-refractivity contribution in [1.29, 1.82) is 0 Å². The van der Waals surface area contributed by atoms with E-state index in [2.05, 4.69) is 17.0 Å². The fourth-order valence-corrected chi connectivity index (χ4v) is 4.52. The smallest absolute Gasteiger partial charge is 0.259 e. The molecule has 0 amide bonds. The van der Waals surface area contributed by atoms with Gasteiger partial charge in [0.25, 0.3) is 5.56 Å². The van der Waals surface area contributed by atoms with Crippen molar-refractivity contribution >= 4 is 16.3 Å². The first kappa shape index (κ1) is 16.3.